The lowest BCUT2D eigenvalue weighted by Gasteiger charge is -2.22. The monoisotopic (exact) mass is 481 g/mol. The number of rotatable bonds is 18. The van der Waals surface area contributed by atoms with E-state index >= 15 is 0 Å². The Morgan fingerprint density at radius 2 is 1.48 bits per heavy atom. The van der Waals surface area contributed by atoms with Crippen molar-refractivity contribution in [2.24, 2.45) is 0 Å². The van der Waals surface area contributed by atoms with Gasteiger partial charge in [-0.2, -0.15) is 0 Å². The Kier molecular flexibility index (Phi) is 15.3. The van der Waals surface area contributed by atoms with Crippen LogP contribution in [-0.4, -0.2) is 75.1 Å². The van der Waals surface area contributed by atoms with Crippen molar-refractivity contribution in [3.8, 4) is 0 Å². The Hall–Kier alpha value is -1.44. The Morgan fingerprint density at radius 3 is 2.12 bits per heavy atom. The molecule has 2 rings (SSSR count). The maximum atomic E-state index is 4.66. The van der Waals surface area contributed by atoms with E-state index in [0.29, 0.717) is 6.04 Å². The van der Waals surface area contributed by atoms with Crippen molar-refractivity contribution in [3.63, 3.8) is 0 Å². The maximum absolute atomic E-state index is 4.66. The summed E-state index contributed by atoms with van der Waals surface area (Å²) in [6, 6.07) is 0.379. The van der Waals surface area contributed by atoms with Crippen LogP contribution in [0.2, 0.25) is 0 Å². The van der Waals surface area contributed by atoms with Crippen LogP contribution in [0.1, 0.15) is 85.6 Å². The van der Waals surface area contributed by atoms with Gasteiger partial charge >= 0.3 is 0 Å². The van der Waals surface area contributed by atoms with Crippen molar-refractivity contribution in [3.05, 3.63) is 12.7 Å². The van der Waals surface area contributed by atoms with Crippen LogP contribution in [0, 0.1) is 0 Å². The molecule has 33 heavy (non-hydrogen) atoms. The van der Waals surface area contributed by atoms with Gasteiger partial charge in [0.25, 0.3) is 0 Å². The molecule has 0 saturated heterocycles. The Labute approximate surface area is 208 Å². The molecule has 2 aromatic rings. The van der Waals surface area contributed by atoms with Crippen molar-refractivity contribution in [2.45, 2.75) is 85.6 Å². The van der Waals surface area contributed by atoms with Crippen molar-refractivity contribution in [1.82, 2.24) is 29.3 Å². The van der Waals surface area contributed by atoms with Gasteiger partial charge in [-0.05, 0) is 78.3 Å². The average Bonchev–Trinajstić information content (AvgIpc) is 3.25. The van der Waals surface area contributed by atoms with Gasteiger partial charge in [-0.1, -0.05) is 40.5 Å². The van der Waals surface area contributed by atoms with E-state index in [2.05, 4.69) is 69.3 Å². The van der Waals surface area contributed by atoms with Crippen LogP contribution >= 0.6 is 12.4 Å². The number of halogens is 1. The summed E-state index contributed by atoms with van der Waals surface area (Å²) in [4.78, 5) is 18.8. The third kappa shape index (κ3) is 9.75. The first-order valence-corrected chi connectivity index (χ1v) is 13.0. The van der Waals surface area contributed by atoms with Crippen molar-refractivity contribution in [1.29, 1.82) is 0 Å². The fourth-order valence-electron chi connectivity index (χ4n) is 4.20. The van der Waals surface area contributed by atoms with E-state index in [1.54, 1.807) is 6.33 Å². The minimum absolute atomic E-state index is 0. The van der Waals surface area contributed by atoms with Crippen LogP contribution < -0.4 is 5.32 Å². The first-order chi connectivity index (χ1) is 15.6. The van der Waals surface area contributed by atoms with Crippen LogP contribution in [0.25, 0.3) is 11.2 Å². The van der Waals surface area contributed by atoms with Gasteiger partial charge in [0.1, 0.15) is 11.8 Å². The summed E-state index contributed by atoms with van der Waals surface area (Å²) in [7, 11) is 0. The predicted molar refractivity (Wildman–Crippen MR) is 144 cm³/mol. The van der Waals surface area contributed by atoms with Gasteiger partial charge in [0.2, 0.25) is 0 Å². The maximum Gasteiger partial charge on any atom is 0.165 e. The van der Waals surface area contributed by atoms with Crippen molar-refractivity contribution < 1.29 is 0 Å². The molecule has 0 aliphatic carbocycles. The Bertz CT molecular complexity index is 739. The first kappa shape index (κ1) is 29.6. The topological polar surface area (TPSA) is 62.1 Å². The highest BCUT2D eigenvalue weighted by Crippen LogP contribution is 2.23. The van der Waals surface area contributed by atoms with Gasteiger partial charge in [-0.25, -0.2) is 15.0 Å². The van der Waals surface area contributed by atoms with E-state index in [4.69, 9.17) is 0 Å². The highest BCUT2D eigenvalue weighted by atomic mass is 35.5. The number of unbranched alkanes of at least 4 members (excludes halogenated alkanes) is 2. The lowest BCUT2D eigenvalue weighted by molar-refractivity contribution is 0.264. The van der Waals surface area contributed by atoms with E-state index < -0.39 is 0 Å². The van der Waals surface area contributed by atoms with E-state index in [1.807, 2.05) is 6.33 Å². The molecular weight excluding hydrogens is 434 g/mol. The van der Waals surface area contributed by atoms with E-state index in [9.17, 15) is 0 Å². The number of aromatic nitrogens is 4. The molecule has 0 spiro atoms. The van der Waals surface area contributed by atoms with E-state index in [0.717, 1.165) is 62.5 Å². The molecule has 7 nitrogen and oxygen atoms in total. The first-order valence-electron chi connectivity index (χ1n) is 13.0. The number of imidazole rings is 1. The third-order valence-electron chi connectivity index (χ3n) is 6.42. The zero-order valence-electron chi connectivity index (χ0n) is 21.7. The van der Waals surface area contributed by atoms with Gasteiger partial charge in [0.15, 0.2) is 11.5 Å². The molecule has 0 aliphatic heterocycles. The van der Waals surface area contributed by atoms with Gasteiger partial charge in [0, 0.05) is 12.6 Å². The van der Waals surface area contributed by atoms with E-state index in [1.165, 1.54) is 45.2 Å². The summed E-state index contributed by atoms with van der Waals surface area (Å²) < 4.78 is 2.21. The third-order valence-corrected chi connectivity index (χ3v) is 6.42. The largest absolute Gasteiger partial charge is 0.368 e. The van der Waals surface area contributed by atoms with Crippen LogP contribution in [0.3, 0.4) is 0 Å². The highest BCUT2D eigenvalue weighted by molar-refractivity contribution is 5.85. The summed E-state index contributed by atoms with van der Waals surface area (Å²) in [5.41, 5.74) is 1.82. The molecule has 0 bridgehead atoms. The smallest absolute Gasteiger partial charge is 0.165 e. The van der Waals surface area contributed by atoms with Crippen LogP contribution in [0.15, 0.2) is 12.7 Å². The number of nitrogens with zero attached hydrogens (tertiary/aromatic N) is 6. The van der Waals surface area contributed by atoms with E-state index in [-0.39, 0.29) is 12.4 Å². The number of anilines is 1. The van der Waals surface area contributed by atoms with Crippen molar-refractivity contribution >= 4 is 29.4 Å². The average molecular weight is 482 g/mol. The molecule has 0 radical (unpaired) electrons. The molecule has 190 valence electrons. The molecule has 0 aromatic carbocycles. The van der Waals surface area contributed by atoms with Gasteiger partial charge < -0.3 is 19.7 Å². The minimum atomic E-state index is 0. The second-order valence-corrected chi connectivity index (χ2v) is 8.89. The number of hydrogen-bond acceptors (Lipinski definition) is 6. The standard InChI is InChI=1S/C25H47N7.ClH/c1-6-10-16-31(17-11-7-2)19-13-15-26-24-23-25(28-20-27-24)32(21-29-23)22(5)14-12-18-30(8-3)9-4;/h20-22H,6-19H2,1-5H3,(H,26,27,28);1H. The summed E-state index contributed by atoms with van der Waals surface area (Å²) in [5.74, 6) is 0.859. The molecule has 2 heterocycles. The lowest BCUT2D eigenvalue weighted by Crippen LogP contribution is -2.28. The van der Waals surface area contributed by atoms with Gasteiger partial charge in [-0.15, -0.1) is 12.4 Å². The fraction of sp³-hybridized carbons (Fsp3) is 0.800. The fourth-order valence-corrected chi connectivity index (χ4v) is 4.20. The molecule has 0 aliphatic rings. The Morgan fingerprint density at radius 1 is 0.848 bits per heavy atom. The van der Waals surface area contributed by atoms with Crippen LogP contribution in [-0.2, 0) is 0 Å². The number of fused-ring (bicyclic) bond motifs is 1. The molecular formula is C25H48ClN7. The molecule has 1 atom stereocenters. The molecule has 0 fully saturated rings. The summed E-state index contributed by atoms with van der Waals surface area (Å²) in [6.45, 7) is 19.1. The zero-order chi connectivity index (χ0) is 23.2. The van der Waals surface area contributed by atoms with Crippen LogP contribution in [0.5, 0.6) is 0 Å². The van der Waals surface area contributed by atoms with Gasteiger partial charge in [0.05, 0.1) is 6.33 Å². The molecule has 2 aromatic heterocycles. The molecule has 1 unspecified atom stereocenters. The number of nitrogens with one attached hydrogen (secondary N) is 1. The summed E-state index contributed by atoms with van der Waals surface area (Å²) >= 11 is 0. The SMILES string of the molecule is CCCCN(CCCC)CCCNc1ncnc2c1ncn2C(C)CCCN(CC)CC.Cl. The lowest BCUT2D eigenvalue weighted by atomic mass is 10.1. The molecule has 0 amide bonds. The Balaban J connectivity index is 0.00000544. The van der Waals surface area contributed by atoms with Crippen LogP contribution in [0.4, 0.5) is 5.82 Å². The second kappa shape index (κ2) is 17.1. The highest BCUT2D eigenvalue weighted by Gasteiger charge is 2.14. The van der Waals surface area contributed by atoms with Gasteiger partial charge in [-0.3, -0.25) is 0 Å². The molecule has 1 N–H and O–H groups in total. The molecule has 0 saturated carbocycles. The quantitative estimate of drug-likeness (QED) is 0.278. The molecule has 8 heteroatoms. The normalized spacial score (nSPS) is 12.5. The predicted octanol–water partition coefficient (Wildman–Crippen LogP) is 5.64. The van der Waals surface area contributed by atoms with Crippen molar-refractivity contribution in [2.75, 3.05) is 51.1 Å². The summed E-state index contributed by atoms with van der Waals surface area (Å²) in [6.07, 6.45) is 12.1. The zero-order valence-corrected chi connectivity index (χ0v) is 22.5. The summed E-state index contributed by atoms with van der Waals surface area (Å²) in [5, 5.41) is 3.52. The number of hydrogen-bond donors (Lipinski definition) is 1. The second-order valence-electron chi connectivity index (χ2n) is 8.89. The minimum Gasteiger partial charge on any atom is -0.368 e.